The molecule has 1 aromatic carbocycles. The van der Waals surface area contributed by atoms with Gasteiger partial charge in [0.25, 0.3) is 0 Å². The summed E-state index contributed by atoms with van der Waals surface area (Å²) in [5.41, 5.74) is 0.835. The summed E-state index contributed by atoms with van der Waals surface area (Å²) >= 11 is 1.07. The standard InChI is InChI=1S/C15H17N3O4S/c1-9(2)22-11-5-3-10(4-6-11)8-16-18-15-17-14(21)12(23-15)7-13(19)20/h3-6,8-9,12H,7H2,1-2H3,(H,19,20)(H,17,18,21)/b16-8+. The number of ether oxygens (including phenoxy) is 1. The number of aliphatic carboxylic acids is 1. The molecule has 1 unspecified atom stereocenters. The van der Waals surface area contributed by atoms with Gasteiger partial charge in [-0.25, -0.2) is 0 Å². The van der Waals surface area contributed by atoms with E-state index < -0.39 is 11.2 Å². The number of amidine groups is 1. The highest BCUT2D eigenvalue weighted by molar-refractivity contribution is 8.15. The minimum absolute atomic E-state index is 0.114. The maximum atomic E-state index is 11.5. The second kappa shape index (κ2) is 7.77. The Hall–Kier alpha value is -2.35. The molecule has 0 aliphatic carbocycles. The Morgan fingerprint density at radius 3 is 2.74 bits per heavy atom. The predicted octanol–water partition coefficient (Wildman–Crippen LogP) is 1.87. The number of nitrogens with one attached hydrogen (secondary N) is 1. The van der Waals surface area contributed by atoms with E-state index in [0.717, 1.165) is 23.1 Å². The van der Waals surface area contributed by atoms with E-state index >= 15 is 0 Å². The Morgan fingerprint density at radius 2 is 2.13 bits per heavy atom. The molecular formula is C15H17N3O4S. The van der Waals surface area contributed by atoms with Gasteiger partial charge in [-0.1, -0.05) is 11.8 Å². The molecular weight excluding hydrogens is 318 g/mol. The number of carbonyl (C=O) groups is 2. The van der Waals surface area contributed by atoms with Gasteiger partial charge in [0.1, 0.15) is 11.0 Å². The van der Waals surface area contributed by atoms with E-state index in [-0.39, 0.29) is 18.4 Å². The summed E-state index contributed by atoms with van der Waals surface area (Å²) in [6, 6.07) is 7.36. The smallest absolute Gasteiger partial charge is 0.305 e. The average Bonchev–Trinajstić information content (AvgIpc) is 2.80. The Morgan fingerprint density at radius 1 is 1.43 bits per heavy atom. The second-order valence-corrected chi connectivity index (χ2v) is 6.27. The third-order valence-corrected chi connectivity index (χ3v) is 3.82. The lowest BCUT2D eigenvalue weighted by atomic mass is 10.2. The van der Waals surface area contributed by atoms with E-state index in [1.807, 2.05) is 38.1 Å². The SMILES string of the molecule is CC(C)Oc1ccc(/C=N/N=C2/NC(=O)C(CC(=O)O)S2)cc1. The number of hydrogen-bond acceptors (Lipinski definition) is 6. The first-order valence-corrected chi connectivity index (χ1v) is 7.89. The van der Waals surface area contributed by atoms with Crippen LogP contribution in [0, 0.1) is 0 Å². The van der Waals surface area contributed by atoms with Crippen LogP contribution in [-0.4, -0.2) is 39.7 Å². The van der Waals surface area contributed by atoms with Crippen molar-refractivity contribution in [3.05, 3.63) is 29.8 Å². The predicted molar refractivity (Wildman–Crippen MR) is 89.0 cm³/mol. The minimum Gasteiger partial charge on any atom is -0.491 e. The molecule has 2 N–H and O–H groups in total. The summed E-state index contributed by atoms with van der Waals surface area (Å²) in [4.78, 5) is 22.2. The maximum Gasteiger partial charge on any atom is 0.305 e. The fourth-order valence-electron chi connectivity index (χ4n) is 1.80. The van der Waals surface area contributed by atoms with Crippen molar-refractivity contribution in [2.75, 3.05) is 0 Å². The normalized spacial score (nSPS) is 19.5. The lowest BCUT2D eigenvalue weighted by Gasteiger charge is -2.08. The third-order valence-electron chi connectivity index (χ3n) is 2.74. The third kappa shape index (κ3) is 5.41. The summed E-state index contributed by atoms with van der Waals surface area (Å²) in [7, 11) is 0. The summed E-state index contributed by atoms with van der Waals surface area (Å²) < 4.78 is 5.54. The molecule has 1 aliphatic rings. The molecule has 1 saturated heterocycles. The van der Waals surface area contributed by atoms with Crippen LogP contribution in [0.2, 0.25) is 0 Å². The Labute approximate surface area is 137 Å². The first kappa shape index (κ1) is 17.0. The lowest BCUT2D eigenvalue weighted by Crippen LogP contribution is -2.26. The fourth-order valence-corrected chi connectivity index (χ4v) is 2.71. The quantitative estimate of drug-likeness (QED) is 0.610. The van der Waals surface area contributed by atoms with E-state index in [1.165, 1.54) is 0 Å². The number of amides is 1. The van der Waals surface area contributed by atoms with Gasteiger partial charge >= 0.3 is 5.97 Å². The van der Waals surface area contributed by atoms with Crippen molar-refractivity contribution in [2.45, 2.75) is 31.6 Å². The van der Waals surface area contributed by atoms with Crippen LogP contribution < -0.4 is 10.1 Å². The molecule has 2 rings (SSSR count). The van der Waals surface area contributed by atoms with Gasteiger partial charge in [0, 0.05) is 0 Å². The van der Waals surface area contributed by atoms with Crippen molar-refractivity contribution in [3.63, 3.8) is 0 Å². The summed E-state index contributed by atoms with van der Waals surface area (Å²) in [6.45, 7) is 3.91. The number of benzene rings is 1. The van der Waals surface area contributed by atoms with Crippen molar-refractivity contribution in [1.82, 2.24) is 5.32 Å². The number of carboxylic acids is 1. The van der Waals surface area contributed by atoms with Crippen LogP contribution in [0.25, 0.3) is 0 Å². The average molecular weight is 335 g/mol. The number of carboxylic acid groups (broad SMARTS) is 1. The van der Waals surface area contributed by atoms with Crippen LogP contribution in [0.15, 0.2) is 34.5 Å². The van der Waals surface area contributed by atoms with Crippen LogP contribution >= 0.6 is 11.8 Å². The molecule has 1 aliphatic heterocycles. The van der Waals surface area contributed by atoms with E-state index in [2.05, 4.69) is 15.5 Å². The molecule has 122 valence electrons. The van der Waals surface area contributed by atoms with Gasteiger partial charge in [-0.15, -0.1) is 5.10 Å². The number of carbonyl (C=O) groups excluding carboxylic acids is 1. The summed E-state index contributed by atoms with van der Waals surface area (Å²) in [6.07, 6.45) is 1.42. The van der Waals surface area contributed by atoms with Crippen LogP contribution in [0.3, 0.4) is 0 Å². The Bertz CT molecular complexity index is 641. The Balaban J connectivity index is 1.93. The van der Waals surface area contributed by atoms with Crippen molar-refractivity contribution < 1.29 is 19.4 Å². The highest BCUT2D eigenvalue weighted by Crippen LogP contribution is 2.22. The monoisotopic (exact) mass is 335 g/mol. The second-order valence-electron chi connectivity index (χ2n) is 5.08. The lowest BCUT2D eigenvalue weighted by molar-refractivity contribution is -0.138. The maximum absolute atomic E-state index is 11.5. The van der Waals surface area contributed by atoms with Crippen molar-refractivity contribution >= 4 is 35.0 Å². The Kier molecular flexibility index (Phi) is 5.75. The van der Waals surface area contributed by atoms with E-state index in [9.17, 15) is 9.59 Å². The molecule has 1 amide bonds. The largest absolute Gasteiger partial charge is 0.491 e. The zero-order valence-corrected chi connectivity index (χ0v) is 13.5. The number of hydrogen-bond donors (Lipinski definition) is 2. The number of rotatable bonds is 6. The van der Waals surface area contributed by atoms with Gasteiger partial charge < -0.3 is 15.2 Å². The molecule has 0 spiro atoms. The van der Waals surface area contributed by atoms with Gasteiger partial charge in [-0.05, 0) is 43.7 Å². The highest BCUT2D eigenvalue weighted by atomic mass is 32.2. The topological polar surface area (TPSA) is 100 Å². The molecule has 23 heavy (non-hydrogen) atoms. The van der Waals surface area contributed by atoms with Crippen LogP contribution in [-0.2, 0) is 9.59 Å². The summed E-state index contributed by atoms with van der Waals surface area (Å²) in [5.74, 6) is -0.605. The molecule has 0 aromatic heterocycles. The number of nitrogens with zero attached hydrogens (tertiary/aromatic N) is 2. The molecule has 7 nitrogen and oxygen atoms in total. The molecule has 1 fully saturated rings. The van der Waals surface area contributed by atoms with E-state index in [1.54, 1.807) is 6.21 Å². The molecule has 1 aromatic rings. The van der Waals surface area contributed by atoms with Crippen molar-refractivity contribution in [1.29, 1.82) is 0 Å². The van der Waals surface area contributed by atoms with Gasteiger partial charge in [-0.2, -0.15) is 5.10 Å². The zero-order chi connectivity index (χ0) is 16.8. The summed E-state index contributed by atoms with van der Waals surface area (Å²) in [5, 5.41) is 18.6. The fraction of sp³-hybridized carbons (Fsp3) is 0.333. The van der Waals surface area contributed by atoms with Gasteiger partial charge in [0.05, 0.1) is 18.7 Å². The van der Waals surface area contributed by atoms with Crippen LogP contribution in [0.4, 0.5) is 0 Å². The molecule has 0 radical (unpaired) electrons. The minimum atomic E-state index is -1.02. The first-order valence-electron chi connectivity index (χ1n) is 7.01. The van der Waals surface area contributed by atoms with Gasteiger partial charge in [-0.3, -0.25) is 9.59 Å². The van der Waals surface area contributed by atoms with Gasteiger partial charge in [0.15, 0.2) is 5.17 Å². The van der Waals surface area contributed by atoms with Crippen molar-refractivity contribution in [3.8, 4) is 5.75 Å². The first-order chi connectivity index (χ1) is 10.9. The van der Waals surface area contributed by atoms with Crippen LogP contribution in [0.5, 0.6) is 5.75 Å². The van der Waals surface area contributed by atoms with Crippen LogP contribution in [0.1, 0.15) is 25.8 Å². The van der Waals surface area contributed by atoms with Crippen molar-refractivity contribution in [2.24, 2.45) is 10.2 Å². The molecule has 0 bridgehead atoms. The van der Waals surface area contributed by atoms with E-state index in [4.69, 9.17) is 9.84 Å². The highest BCUT2D eigenvalue weighted by Gasteiger charge is 2.32. The zero-order valence-electron chi connectivity index (χ0n) is 12.7. The molecule has 1 atom stereocenters. The van der Waals surface area contributed by atoms with Gasteiger partial charge in [0.2, 0.25) is 5.91 Å². The molecule has 8 heteroatoms. The van der Waals surface area contributed by atoms with E-state index in [0.29, 0.717) is 5.17 Å². The molecule has 1 heterocycles. The number of thioether (sulfide) groups is 1. The molecule has 0 saturated carbocycles.